The van der Waals surface area contributed by atoms with Crippen molar-refractivity contribution >= 4 is 0 Å². The van der Waals surface area contributed by atoms with Gasteiger partial charge in [-0.2, -0.15) is 0 Å². The van der Waals surface area contributed by atoms with Crippen molar-refractivity contribution in [1.29, 1.82) is 0 Å². The molecule has 0 aromatic heterocycles. The highest BCUT2D eigenvalue weighted by Gasteiger charge is 2.37. The lowest BCUT2D eigenvalue weighted by molar-refractivity contribution is -0.00121. The molecule has 3 saturated heterocycles. The average molecular weight is 281 g/mol. The number of hydrogen-bond acceptors (Lipinski definition) is 4. The van der Waals surface area contributed by atoms with E-state index in [1.54, 1.807) is 0 Å². The largest absolute Gasteiger partial charge is 0.379 e. The van der Waals surface area contributed by atoms with Crippen molar-refractivity contribution in [2.45, 2.75) is 57.2 Å². The Bertz CT molecular complexity index is 279. The van der Waals surface area contributed by atoms with Crippen molar-refractivity contribution < 1.29 is 4.74 Å². The molecule has 0 saturated carbocycles. The van der Waals surface area contributed by atoms with Gasteiger partial charge in [0.05, 0.1) is 13.2 Å². The lowest BCUT2D eigenvalue weighted by Crippen LogP contribution is -2.57. The Morgan fingerprint density at radius 1 is 1.05 bits per heavy atom. The summed E-state index contributed by atoms with van der Waals surface area (Å²) in [6.45, 7) is 9.98. The predicted octanol–water partition coefficient (Wildman–Crippen LogP) is 1.31. The highest BCUT2D eigenvalue weighted by molar-refractivity contribution is 4.95. The van der Waals surface area contributed by atoms with E-state index in [0.717, 1.165) is 51.0 Å². The molecule has 0 amide bonds. The van der Waals surface area contributed by atoms with Crippen molar-refractivity contribution in [3.05, 3.63) is 0 Å². The molecule has 4 nitrogen and oxygen atoms in total. The molecule has 4 heteroatoms. The van der Waals surface area contributed by atoms with Gasteiger partial charge < -0.3 is 10.1 Å². The van der Waals surface area contributed by atoms with Crippen LogP contribution >= 0.6 is 0 Å². The maximum absolute atomic E-state index is 5.44. The predicted molar refractivity (Wildman–Crippen MR) is 82.1 cm³/mol. The summed E-state index contributed by atoms with van der Waals surface area (Å²) in [4.78, 5) is 5.42. The Morgan fingerprint density at radius 3 is 2.40 bits per heavy atom. The summed E-state index contributed by atoms with van der Waals surface area (Å²) in [6, 6.07) is 2.45. The maximum Gasteiger partial charge on any atom is 0.0594 e. The zero-order valence-electron chi connectivity index (χ0n) is 13.0. The van der Waals surface area contributed by atoms with E-state index >= 15 is 0 Å². The Morgan fingerprint density at radius 2 is 1.75 bits per heavy atom. The molecule has 0 aromatic carbocycles. The van der Waals surface area contributed by atoms with E-state index in [0.29, 0.717) is 0 Å². The lowest BCUT2D eigenvalue weighted by Gasteiger charge is -2.49. The number of ether oxygens (including phenoxy) is 1. The first-order valence-corrected chi connectivity index (χ1v) is 8.66. The molecule has 116 valence electrons. The normalized spacial score (nSPS) is 36.1. The summed E-state index contributed by atoms with van der Waals surface area (Å²) in [5.74, 6) is 0. The van der Waals surface area contributed by atoms with Gasteiger partial charge in [0, 0.05) is 44.3 Å². The van der Waals surface area contributed by atoms with E-state index in [1.165, 1.54) is 45.2 Å². The van der Waals surface area contributed by atoms with E-state index in [9.17, 15) is 0 Å². The molecule has 3 fully saturated rings. The van der Waals surface area contributed by atoms with Crippen molar-refractivity contribution in [3.63, 3.8) is 0 Å². The first-order chi connectivity index (χ1) is 9.86. The molecule has 0 aliphatic carbocycles. The fourth-order valence-electron chi connectivity index (χ4n) is 4.38. The number of rotatable bonds is 5. The van der Waals surface area contributed by atoms with Gasteiger partial charge in [0.1, 0.15) is 0 Å². The van der Waals surface area contributed by atoms with Crippen molar-refractivity contribution in [1.82, 2.24) is 15.1 Å². The number of nitrogens with one attached hydrogen (secondary N) is 1. The molecule has 0 spiro atoms. The minimum absolute atomic E-state index is 0.773. The second-order valence-electron chi connectivity index (χ2n) is 6.66. The van der Waals surface area contributed by atoms with Crippen molar-refractivity contribution in [3.8, 4) is 0 Å². The molecule has 1 N–H and O–H groups in total. The van der Waals surface area contributed by atoms with Gasteiger partial charge in [0.15, 0.2) is 0 Å². The molecule has 3 aliphatic heterocycles. The van der Waals surface area contributed by atoms with Crippen molar-refractivity contribution in [2.75, 3.05) is 45.9 Å². The van der Waals surface area contributed by atoms with Gasteiger partial charge in [-0.15, -0.1) is 0 Å². The summed E-state index contributed by atoms with van der Waals surface area (Å²) < 4.78 is 5.44. The summed E-state index contributed by atoms with van der Waals surface area (Å²) >= 11 is 0. The van der Waals surface area contributed by atoms with Crippen LogP contribution in [-0.2, 0) is 4.74 Å². The summed E-state index contributed by atoms with van der Waals surface area (Å²) in [6.07, 6.45) is 7.02. The van der Waals surface area contributed by atoms with Crippen LogP contribution in [0.25, 0.3) is 0 Å². The van der Waals surface area contributed by atoms with Gasteiger partial charge in [-0.05, 0) is 32.2 Å². The topological polar surface area (TPSA) is 27.7 Å². The number of nitrogens with zero attached hydrogens (tertiary/aromatic N) is 2. The SMILES string of the molecule is CCNC1CC2CCCC(C1)N2CCN1CCOCC1. The van der Waals surface area contributed by atoms with E-state index in [4.69, 9.17) is 4.74 Å². The molecule has 0 aromatic rings. The van der Waals surface area contributed by atoms with E-state index in [-0.39, 0.29) is 0 Å². The first kappa shape index (κ1) is 14.8. The summed E-state index contributed by atoms with van der Waals surface area (Å²) in [5.41, 5.74) is 0. The Kier molecular flexibility index (Phi) is 5.32. The highest BCUT2D eigenvalue weighted by Crippen LogP contribution is 2.33. The third kappa shape index (κ3) is 3.53. The van der Waals surface area contributed by atoms with Gasteiger partial charge in [-0.3, -0.25) is 9.80 Å². The fraction of sp³-hybridized carbons (Fsp3) is 1.00. The molecule has 0 radical (unpaired) electrons. The minimum atomic E-state index is 0.773. The molecule has 2 unspecified atom stereocenters. The van der Waals surface area contributed by atoms with E-state index < -0.39 is 0 Å². The van der Waals surface area contributed by atoms with Gasteiger partial charge in [-0.25, -0.2) is 0 Å². The molecule has 2 bridgehead atoms. The van der Waals surface area contributed by atoms with Crippen LogP contribution in [-0.4, -0.2) is 73.9 Å². The number of morpholine rings is 1. The molecule has 3 rings (SSSR count). The standard InChI is InChI=1S/C16H31N3O/c1-2-17-14-12-15-4-3-5-16(13-14)19(15)7-6-18-8-10-20-11-9-18/h14-17H,2-13H2,1H3. The quantitative estimate of drug-likeness (QED) is 0.822. The minimum Gasteiger partial charge on any atom is -0.379 e. The van der Waals surface area contributed by atoms with Crippen LogP contribution in [0.2, 0.25) is 0 Å². The van der Waals surface area contributed by atoms with E-state index in [1.807, 2.05) is 0 Å². The third-order valence-electron chi connectivity index (χ3n) is 5.40. The second-order valence-corrected chi connectivity index (χ2v) is 6.66. The highest BCUT2D eigenvalue weighted by atomic mass is 16.5. The zero-order chi connectivity index (χ0) is 13.8. The maximum atomic E-state index is 5.44. The van der Waals surface area contributed by atoms with Crippen LogP contribution in [0.4, 0.5) is 0 Å². The zero-order valence-corrected chi connectivity index (χ0v) is 13.0. The summed E-state index contributed by atoms with van der Waals surface area (Å²) in [7, 11) is 0. The van der Waals surface area contributed by atoms with Crippen molar-refractivity contribution in [2.24, 2.45) is 0 Å². The van der Waals surface area contributed by atoms with Gasteiger partial charge >= 0.3 is 0 Å². The summed E-state index contributed by atoms with van der Waals surface area (Å²) in [5, 5.41) is 3.69. The lowest BCUT2D eigenvalue weighted by atomic mass is 9.81. The third-order valence-corrected chi connectivity index (χ3v) is 5.40. The number of piperidine rings is 2. The second kappa shape index (κ2) is 7.21. The average Bonchev–Trinajstić information content (AvgIpc) is 2.46. The number of hydrogen-bond donors (Lipinski definition) is 1. The first-order valence-electron chi connectivity index (χ1n) is 8.66. The van der Waals surface area contributed by atoms with E-state index in [2.05, 4.69) is 22.0 Å². The van der Waals surface area contributed by atoms with Crippen LogP contribution in [0.3, 0.4) is 0 Å². The molecular weight excluding hydrogens is 250 g/mol. The molecule has 3 aliphatic rings. The Balaban J connectivity index is 1.51. The van der Waals surface area contributed by atoms with Gasteiger partial charge in [-0.1, -0.05) is 13.3 Å². The molecule has 2 atom stereocenters. The van der Waals surface area contributed by atoms with Crippen LogP contribution in [0.5, 0.6) is 0 Å². The van der Waals surface area contributed by atoms with Crippen LogP contribution < -0.4 is 5.32 Å². The molecular formula is C16H31N3O. The monoisotopic (exact) mass is 281 g/mol. The molecule has 20 heavy (non-hydrogen) atoms. The smallest absolute Gasteiger partial charge is 0.0594 e. The van der Waals surface area contributed by atoms with Crippen LogP contribution in [0.15, 0.2) is 0 Å². The Labute approximate surface area is 123 Å². The molecule has 3 heterocycles. The van der Waals surface area contributed by atoms with Gasteiger partial charge in [0.2, 0.25) is 0 Å². The van der Waals surface area contributed by atoms with Crippen LogP contribution in [0.1, 0.15) is 39.0 Å². The van der Waals surface area contributed by atoms with Gasteiger partial charge in [0.25, 0.3) is 0 Å². The number of fused-ring (bicyclic) bond motifs is 2. The Hall–Kier alpha value is -0.160. The van der Waals surface area contributed by atoms with Crippen LogP contribution in [0, 0.1) is 0 Å². The fourth-order valence-corrected chi connectivity index (χ4v) is 4.38.